The van der Waals surface area contributed by atoms with Crippen LogP contribution in [0.2, 0.25) is 6.32 Å². The molecule has 1 unspecified atom stereocenters. The van der Waals surface area contributed by atoms with Crippen LogP contribution in [-0.2, 0) is 9.31 Å². The molecule has 1 fully saturated rings. The van der Waals surface area contributed by atoms with Gasteiger partial charge in [0.1, 0.15) is 0 Å². The van der Waals surface area contributed by atoms with E-state index >= 15 is 0 Å². The molecule has 0 bridgehead atoms. The van der Waals surface area contributed by atoms with Gasteiger partial charge >= 0.3 is 7.12 Å². The smallest absolute Gasteiger partial charge is 0.400 e. The van der Waals surface area contributed by atoms with Crippen molar-refractivity contribution in [3.05, 3.63) is 30.3 Å². The van der Waals surface area contributed by atoms with E-state index in [1.807, 2.05) is 51.1 Å². The van der Waals surface area contributed by atoms with Gasteiger partial charge in [0.25, 0.3) is 0 Å². The standard InChI is InChI=1S/C12H16B2O2/c1-11(2)12(3,9-13)16-14(15-11)10-7-5-4-6-8-10/h4-8H,9H2,1-3H3. The Hall–Kier alpha value is -0.730. The Morgan fingerprint density at radius 1 is 1.12 bits per heavy atom. The molecule has 0 amide bonds. The predicted octanol–water partition coefficient (Wildman–Crippen LogP) is 1.55. The second-order valence-corrected chi connectivity index (χ2v) is 4.92. The maximum absolute atomic E-state index is 5.95. The van der Waals surface area contributed by atoms with E-state index in [4.69, 9.17) is 17.2 Å². The van der Waals surface area contributed by atoms with Crippen LogP contribution in [0, 0.1) is 0 Å². The van der Waals surface area contributed by atoms with Gasteiger partial charge in [0.15, 0.2) is 0 Å². The van der Waals surface area contributed by atoms with Gasteiger partial charge in [-0.05, 0) is 26.2 Å². The minimum atomic E-state index is -0.437. The molecule has 1 atom stereocenters. The summed E-state index contributed by atoms with van der Waals surface area (Å²) in [5.41, 5.74) is 0.225. The molecule has 0 aromatic heterocycles. The summed E-state index contributed by atoms with van der Waals surface area (Å²) < 4.78 is 11.9. The minimum Gasteiger partial charge on any atom is -0.400 e. The molecule has 1 saturated heterocycles. The minimum absolute atomic E-state index is 0.315. The van der Waals surface area contributed by atoms with Crippen molar-refractivity contribution in [2.24, 2.45) is 0 Å². The van der Waals surface area contributed by atoms with Gasteiger partial charge in [-0.2, -0.15) is 0 Å². The summed E-state index contributed by atoms with van der Waals surface area (Å²) in [5.74, 6) is 0. The van der Waals surface area contributed by atoms with Crippen LogP contribution in [0.1, 0.15) is 20.8 Å². The molecular weight excluding hydrogens is 198 g/mol. The van der Waals surface area contributed by atoms with Gasteiger partial charge in [-0.3, -0.25) is 0 Å². The summed E-state index contributed by atoms with van der Waals surface area (Å²) in [6.07, 6.45) is 0.448. The molecular formula is C12H16B2O2. The summed E-state index contributed by atoms with van der Waals surface area (Å²) in [5, 5.41) is 0. The molecule has 4 heteroatoms. The Bertz CT molecular complexity index is 367. The highest BCUT2D eigenvalue weighted by Crippen LogP contribution is 2.39. The van der Waals surface area contributed by atoms with Gasteiger partial charge < -0.3 is 9.31 Å². The van der Waals surface area contributed by atoms with Crippen LogP contribution in [0.5, 0.6) is 0 Å². The second-order valence-electron chi connectivity index (χ2n) is 4.92. The zero-order chi connectivity index (χ0) is 11.8. The van der Waals surface area contributed by atoms with Crippen molar-refractivity contribution in [3.8, 4) is 0 Å². The van der Waals surface area contributed by atoms with E-state index in [1.54, 1.807) is 0 Å². The zero-order valence-electron chi connectivity index (χ0n) is 10.1. The normalized spacial score (nSPS) is 28.3. The van der Waals surface area contributed by atoms with E-state index in [-0.39, 0.29) is 12.7 Å². The quantitative estimate of drug-likeness (QED) is 0.695. The van der Waals surface area contributed by atoms with E-state index in [9.17, 15) is 0 Å². The lowest BCUT2D eigenvalue weighted by atomic mass is 9.77. The van der Waals surface area contributed by atoms with E-state index in [0.717, 1.165) is 5.46 Å². The van der Waals surface area contributed by atoms with Crippen molar-refractivity contribution in [2.75, 3.05) is 0 Å². The van der Waals surface area contributed by atoms with Crippen molar-refractivity contribution < 1.29 is 9.31 Å². The lowest BCUT2D eigenvalue weighted by molar-refractivity contribution is 0.00638. The largest absolute Gasteiger partial charge is 0.494 e. The monoisotopic (exact) mass is 214 g/mol. The fraction of sp³-hybridized carbons (Fsp3) is 0.500. The average Bonchev–Trinajstić information content (AvgIpc) is 2.52. The summed E-state index contributed by atoms with van der Waals surface area (Å²) in [6, 6.07) is 9.94. The highest BCUT2D eigenvalue weighted by atomic mass is 16.7. The Morgan fingerprint density at radius 2 is 1.75 bits per heavy atom. The average molecular weight is 214 g/mol. The Labute approximate surface area is 98.9 Å². The third kappa shape index (κ3) is 1.80. The van der Waals surface area contributed by atoms with Crippen molar-refractivity contribution in [1.29, 1.82) is 0 Å². The zero-order valence-corrected chi connectivity index (χ0v) is 10.1. The molecule has 0 saturated carbocycles. The van der Waals surface area contributed by atoms with Crippen LogP contribution in [-0.4, -0.2) is 26.2 Å². The van der Waals surface area contributed by atoms with Crippen molar-refractivity contribution in [2.45, 2.75) is 38.3 Å². The van der Waals surface area contributed by atoms with Crippen LogP contribution in [0.25, 0.3) is 0 Å². The maximum atomic E-state index is 5.95. The summed E-state index contributed by atoms with van der Waals surface area (Å²) in [6.45, 7) is 6.03. The van der Waals surface area contributed by atoms with Crippen LogP contribution in [0.4, 0.5) is 0 Å². The first-order valence-corrected chi connectivity index (χ1v) is 5.59. The first-order valence-electron chi connectivity index (χ1n) is 5.59. The van der Waals surface area contributed by atoms with Crippen molar-refractivity contribution in [3.63, 3.8) is 0 Å². The number of hydrogen-bond donors (Lipinski definition) is 0. The van der Waals surface area contributed by atoms with Gasteiger partial charge in [0, 0.05) is 0 Å². The molecule has 1 aromatic carbocycles. The van der Waals surface area contributed by atoms with E-state index < -0.39 is 5.60 Å². The van der Waals surface area contributed by atoms with Crippen LogP contribution >= 0.6 is 0 Å². The molecule has 0 spiro atoms. The SMILES string of the molecule is [B]CC1(C)OB(c2ccccc2)OC1(C)C. The van der Waals surface area contributed by atoms with Gasteiger partial charge in [0.2, 0.25) is 0 Å². The summed E-state index contributed by atoms with van der Waals surface area (Å²) >= 11 is 0. The topological polar surface area (TPSA) is 18.5 Å². The molecule has 2 radical (unpaired) electrons. The van der Waals surface area contributed by atoms with Crippen LogP contribution in [0.15, 0.2) is 30.3 Å². The van der Waals surface area contributed by atoms with Crippen LogP contribution < -0.4 is 5.46 Å². The number of benzene rings is 1. The maximum Gasteiger partial charge on any atom is 0.494 e. The third-order valence-corrected chi connectivity index (χ3v) is 3.50. The third-order valence-electron chi connectivity index (χ3n) is 3.50. The fourth-order valence-corrected chi connectivity index (χ4v) is 1.83. The number of hydrogen-bond acceptors (Lipinski definition) is 2. The molecule has 1 aromatic rings. The lowest BCUT2D eigenvalue weighted by Crippen LogP contribution is -2.44. The molecule has 0 N–H and O–H groups in total. The Morgan fingerprint density at radius 3 is 2.25 bits per heavy atom. The van der Waals surface area contributed by atoms with Gasteiger partial charge in [-0.1, -0.05) is 36.7 Å². The molecule has 1 aliphatic rings. The van der Waals surface area contributed by atoms with Gasteiger partial charge in [-0.25, -0.2) is 0 Å². The number of rotatable bonds is 2. The van der Waals surface area contributed by atoms with Crippen molar-refractivity contribution in [1.82, 2.24) is 0 Å². The first kappa shape index (κ1) is 11.7. The Balaban J connectivity index is 2.25. The van der Waals surface area contributed by atoms with E-state index in [1.165, 1.54) is 0 Å². The summed E-state index contributed by atoms with van der Waals surface area (Å²) in [7, 11) is 5.46. The molecule has 16 heavy (non-hydrogen) atoms. The highest BCUT2D eigenvalue weighted by molar-refractivity contribution is 6.62. The predicted molar refractivity (Wildman–Crippen MR) is 67.0 cm³/mol. The lowest BCUT2D eigenvalue weighted by Gasteiger charge is -2.35. The Kier molecular flexibility index (Phi) is 2.89. The molecule has 82 valence electrons. The van der Waals surface area contributed by atoms with Crippen molar-refractivity contribution >= 4 is 20.4 Å². The summed E-state index contributed by atoms with van der Waals surface area (Å²) in [4.78, 5) is 0. The first-order chi connectivity index (χ1) is 7.48. The molecule has 2 rings (SSSR count). The molecule has 0 aliphatic carbocycles. The molecule has 2 nitrogen and oxygen atoms in total. The van der Waals surface area contributed by atoms with Crippen LogP contribution in [0.3, 0.4) is 0 Å². The van der Waals surface area contributed by atoms with Gasteiger partial charge in [-0.15, -0.1) is 0 Å². The fourth-order valence-electron chi connectivity index (χ4n) is 1.83. The van der Waals surface area contributed by atoms with E-state index in [0.29, 0.717) is 6.32 Å². The molecule has 1 aliphatic heterocycles. The molecule has 1 heterocycles. The highest BCUT2D eigenvalue weighted by Gasteiger charge is 2.53. The van der Waals surface area contributed by atoms with Gasteiger partial charge in [0.05, 0.1) is 19.0 Å². The van der Waals surface area contributed by atoms with E-state index in [2.05, 4.69) is 0 Å². The second kappa shape index (κ2) is 3.94.